The molecule has 3 nitrogen and oxygen atoms in total. The van der Waals surface area contributed by atoms with Gasteiger partial charge in [-0.1, -0.05) is 27.7 Å². The third-order valence-electron chi connectivity index (χ3n) is 4.74. The molecule has 1 aromatic rings. The van der Waals surface area contributed by atoms with Gasteiger partial charge in [0, 0.05) is 17.4 Å². The van der Waals surface area contributed by atoms with Gasteiger partial charge in [0.2, 0.25) is 0 Å². The first-order chi connectivity index (χ1) is 8.30. The van der Waals surface area contributed by atoms with E-state index in [-0.39, 0.29) is 0 Å². The van der Waals surface area contributed by atoms with E-state index in [0.717, 1.165) is 11.3 Å². The summed E-state index contributed by atoms with van der Waals surface area (Å²) >= 11 is 0. The van der Waals surface area contributed by atoms with Gasteiger partial charge in [-0.15, -0.1) is 0 Å². The summed E-state index contributed by atoms with van der Waals surface area (Å²) in [6.45, 7) is 9.10. The fraction of sp³-hybridized carbons (Fsp3) is 0.533. The molecule has 96 valence electrons. The van der Waals surface area contributed by atoms with Crippen LogP contribution in [0.25, 0.3) is 0 Å². The van der Waals surface area contributed by atoms with Crippen LogP contribution in [-0.2, 0) is 6.42 Å². The summed E-state index contributed by atoms with van der Waals surface area (Å²) < 4.78 is 0. The van der Waals surface area contributed by atoms with Crippen molar-refractivity contribution in [2.75, 3.05) is 11.1 Å². The molecule has 3 heteroatoms. The van der Waals surface area contributed by atoms with Crippen LogP contribution in [0, 0.1) is 22.2 Å². The Morgan fingerprint density at radius 2 is 1.89 bits per heavy atom. The van der Waals surface area contributed by atoms with E-state index < -0.39 is 0 Å². The normalized spacial score (nSPS) is 20.2. The fourth-order valence-electron chi connectivity index (χ4n) is 2.66. The number of hydrogen-bond acceptors (Lipinski definition) is 3. The van der Waals surface area contributed by atoms with E-state index >= 15 is 0 Å². The van der Waals surface area contributed by atoms with Crippen LogP contribution < -0.4 is 11.1 Å². The van der Waals surface area contributed by atoms with Crippen LogP contribution in [0.4, 0.5) is 11.4 Å². The zero-order chi connectivity index (χ0) is 13.6. The molecule has 1 aliphatic rings. The molecular formula is C15H21N3. The minimum Gasteiger partial charge on any atom is -0.398 e. The summed E-state index contributed by atoms with van der Waals surface area (Å²) in [5.74, 6) is 0. The van der Waals surface area contributed by atoms with Crippen LogP contribution in [0.1, 0.15) is 33.3 Å². The van der Waals surface area contributed by atoms with Crippen molar-refractivity contribution in [3.8, 4) is 6.07 Å². The van der Waals surface area contributed by atoms with Gasteiger partial charge < -0.3 is 11.1 Å². The van der Waals surface area contributed by atoms with Gasteiger partial charge in [-0.3, -0.25) is 0 Å². The first kappa shape index (κ1) is 12.8. The topological polar surface area (TPSA) is 61.8 Å². The van der Waals surface area contributed by atoms with Crippen molar-refractivity contribution in [3.05, 3.63) is 23.8 Å². The van der Waals surface area contributed by atoms with Gasteiger partial charge in [0.05, 0.1) is 12.5 Å². The molecule has 3 N–H and O–H groups in total. The maximum atomic E-state index is 8.77. The van der Waals surface area contributed by atoms with E-state index in [2.05, 4.69) is 39.1 Å². The molecule has 1 aliphatic carbocycles. The Hall–Kier alpha value is -1.69. The van der Waals surface area contributed by atoms with Crippen LogP contribution in [-0.4, -0.2) is 6.04 Å². The van der Waals surface area contributed by atoms with Crippen molar-refractivity contribution >= 4 is 11.4 Å². The number of nitrogens with zero attached hydrogens (tertiary/aromatic N) is 1. The zero-order valence-corrected chi connectivity index (χ0v) is 11.5. The molecule has 0 radical (unpaired) electrons. The number of nitriles is 1. The molecule has 1 saturated carbocycles. The highest BCUT2D eigenvalue weighted by atomic mass is 15.0. The average molecular weight is 243 g/mol. The SMILES string of the molecule is CC1(C)C(Nc2ccc(N)c(CC#N)c2)C1(C)C. The van der Waals surface area contributed by atoms with Crippen LogP contribution in [0.3, 0.4) is 0 Å². The predicted octanol–water partition coefficient (Wildman–Crippen LogP) is 3.18. The van der Waals surface area contributed by atoms with E-state index in [1.54, 1.807) is 0 Å². The fourth-order valence-corrected chi connectivity index (χ4v) is 2.66. The van der Waals surface area contributed by atoms with E-state index in [4.69, 9.17) is 11.0 Å². The third-order valence-corrected chi connectivity index (χ3v) is 4.74. The van der Waals surface area contributed by atoms with E-state index in [1.807, 2.05) is 18.2 Å². The molecule has 1 aromatic carbocycles. The van der Waals surface area contributed by atoms with Gasteiger partial charge >= 0.3 is 0 Å². The number of rotatable bonds is 3. The van der Waals surface area contributed by atoms with Gasteiger partial charge in [0.15, 0.2) is 0 Å². The van der Waals surface area contributed by atoms with E-state index in [9.17, 15) is 0 Å². The number of nitrogens with one attached hydrogen (secondary N) is 1. The Morgan fingerprint density at radius 1 is 1.28 bits per heavy atom. The highest BCUT2D eigenvalue weighted by Gasteiger charge is 2.64. The Bertz CT molecular complexity index is 495. The number of nitrogen functional groups attached to an aromatic ring is 1. The number of benzene rings is 1. The lowest BCUT2D eigenvalue weighted by molar-refractivity contribution is 0.457. The molecule has 0 spiro atoms. The predicted molar refractivity (Wildman–Crippen MR) is 75.1 cm³/mol. The molecule has 0 unspecified atom stereocenters. The standard InChI is InChI=1S/C15H21N3/c1-14(2)13(15(14,3)4)18-11-5-6-12(17)10(9-11)7-8-16/h5-6,9,13,18H,7,17H2,1-4H3. The van der Waals surface area contributed by atoms with Crippen LogP contribution >= 0.6 is 0 Å². The smallest absolute Gasteiger partial charge is 0.0670 e. The molecule has 0 aliphatic heterocycles. The van der Waals surface area contributed by atoms with Crippen molar-refractivity contribution in [1.29, 1.82) is 5.26 Å². The second kappa shape index (κ2) is 3.91. The van der Waals surface area contributed by atoms with Crippen molar-refractivity contribution in [1.82, 2.24) is 0 Å². The first-order valence-corrected chi connectivity index (χ1v) is 6.32. The van der Waals surface area contributed by atoms with E-state index in [0.29, 0.717) is 29.0 Å². The van der Waals surface area contributed by atoms with Crippen molar-refractivity contribution < 1.29 is 0 Å². The monoisotopic (exact) mass is 243 g/mol. The number of nitrogens with two attached hydrogens (primary N) is 1. The minimum atomic E-state index is 0.295. The molecule has 18 heavy (non-hydrogen) atoms. The quantitative estimate of drug-likeness (QED) is 0.801. The summed E-state index contributed by atoms with van der Waals surface area (Å²) in [7, 11) is 0. The molecule has 2 rings (SSSR count). The molecule has 1 fully saturated rings. The van der Waals surface area contributed by atoms with Crippen molar-refractivity contribution in [3.63, 3.8) is 0 Å². The van der Waals surface area contributed by atoms with E-state index in [1.165, 1.54) is 0 Å². The maximum absolute atomic E-state index is 8.77. The lowest BCUT2D eigenvalue weighted by Gasteiger charge is -2.11. The second-order valence-corrected chi connectivity index (χ2v) is 6.27. The highest BCUT2D eigenvalue weighted by Crippen LogP contribution is 2.63. The Labute approximate surface area is 109 Å². The summed E-state index contributed by atoms with van der Waals surface area (Å²) in [5.41, 5.74) is 9.09. The molecule has 0 bridgehead atoms. The summed E-state index contributed by atoms with van der Waals surface area (Å²) in [6.07, 6.45) is 0.360. The maximum Gasteiger partial charge on any atom is 0.0670 e. The van der Waals surface area contributed by atoms with Gasteiger partial charge in [-0.2, -0.15) is 5.26 Å². The van der Waals surface area contributed by atoms with Gasteiger partial charge in [0.1, 0.15) is 0 Å². The molecular weight excluding hydrogens is 222 g/mol. The third kappa shape index (κ3) is 1.82. The highest BCUT2D eigenvalue weighted by molar-refractivity contribution is 5.59. The van der Waals surface area contributed by atoms with Gasteiger partial charge in [-0.05, 0) is 34.6 Å². The first-order valence-electron chi connectivity index (χ1n) is 6.32. The number of hydrogen-bond donors (Lipinski definition) is 2. The van der Waals surface area contributed by atoms with Crippen molar-refractivity contribution in [2.45, 2.75) is 40.2 Å². The molecule has 0 saturated heterocycles. The van der Waals surface area contributed by atoms with Crippen LogP contribution in [0.2, 0.25) is 0 Å². The minimum absolute atomic E-state index is 0.295. The Kier molecular flexibility index (Phi) is 2.77. The zero-order valence-electron chi connectivity index (χ0n) is 11.5. The summed E-state index contributed by atoms with van der Waals surface area (Å²) in [5, 5.41) is 12.3. The van der Waals surface area contributed by atoms with Gasteiger partial charge in [0.25, 0.3) is 0 Å². The number of anilines is 2. The molecule has 0 heterocycles. The molecule has 0 amide bonds. The Morgan fingerprint density at radius 3 is 2.39 bits per heavy atom. The van der Waals surface area contributed by atoms with Gasteiger partial charge in [-0.25, -0.2) is 0 Å². The largest absolute Gasteiger partial charge is 0.398 e. The molecule has 0 atom stereocenters. The lowest BCUT2D eigenvalue weighted by atomic mass is 10.0. The Balaban J connectivity index is 2.17. The second-order valence-electron chi connectivity index (χ2n) is 6.27. The summed E-state index contributed by atoms with van der Waals surface area (Å²) in [4.78, 5) is 0. The average Bonchev–Trinajstić information content (AvgIpc) is 2.66. The van der Waals surface area contributed by atoms with Crippen LogP contribution in [0.5, 0.6) is 0 Å². The van der Waals surface area contributed by atoms with Crippen molar-refractivity contribution in [2.24, 2.45) is 10.8 Å². The van der Waals surface area contributed by atoms with Crippen LogP contribution in [0.15, 0.2) is 18.2 Å². The lowest BCUT2D eigenvalue weighted by Crippen LogP contribution is -2.10. The molecule has 0 aromatic heterocycles. The summed E-state index contributed by atoms with van der Waals surface area (Å²) in [6, 6.07) is 8.46.